The lowest BCUT2D eigenvalue weighted by Gasteiger charge is -2.13. The van der Waals surface area contributed by atoms with E-state index < -0.39 is 0 Å². The number of rotatable bonds is 8. The Bertz CT molecular complexity index is 1120. The summed E-state index contributed by atoms with van der Waals surface area (Å²) in [6, 6.07) is 13.0. The quantitative estimate of drug-likeness (QED) is 0.406. The van der Waals surface area contributed by atoms with Gasteiger partial charge in [-0.1, -0.05) is 6.07 Å². The first-order valence-corrected chi connectivity index (χ1v) is 9.77. The highest BCUT2D eigenvalue weighted by atomic mass is 16.5. The monoisotopic (exact) mass is 431 g/mol. The Kier molecular flexibility index (Phi) is 7.53. The van der Waals surface area contributed by atoms with E-state index in [0.717, 1.165) is 17.1 Å². The van der Waals surface area contributed by atoms with Crippen LogP contribution in [0.15, 0.2) is 70.9 Å². The predicted molar refractivity (Wildman–Crippen MR) is 128 cm³/mol. The molecule has 8 nitrogen and oxygen atoms in total. The van der Waals surface area contributed by atoms with Crippen LogP contribution in [0.1, 0.15) is 5.69 Å². The number of nitrogens with one attached hydrogen (secondary N) is 1. The highest BCUT2D eigenvalue weighted by Crippen LogP contribution is 2.39. The molecule has 0 unspecified atom stereocenters. The van der Waals surface area contributed by atoms with Crippen LogP contribution in [0.25, 0.3) is 11.4 Å². The lowest BCUT2D eigenvalue weighted by molar-refractivity contribution is 0.324. The number of amidine groups is 1. The third kappa shape index (κ3) is 5.28. The molecule has 1 N–H and O–H groups in total. The summed E-state index contributed by atoms with van der Waals surface area (Å²) >= 11 is 0. The molecule has 164 valence electrons. The summed E-state index contributed by atoms with van der Waals surface area (Å²) in [7, 11) is 4.70. The fraction of sp³-hybridized carbons (Fsp3) is 0.167. The summed E-state index contributed by atoms with van der Waals surface area (Å²) in [5, 5.41) is 3.16. The molecule has 1 aromatic carbocycles. The van der Waals surface area contributed by atoms with Gasteiger partial charge in [-0.2, -0.15) is 0 Å². The molecule has 3 aromatic rings. The molecule has 0 aliphatic rings. The first-order chi connectivity index (χ1) is 15.6. The molecule has 0 fully saturated rings. The summed E-state index contributed by atoms with van der Waals surface area (Å²) in [6.07, 6.45) is 5.13. The van der Waals surface area contributed by atoms with Gasteiger partial charge in [-0.25, -0.2) is 15.0 Å². The SMILES string of the molecule is C=NC(C=CNc1cc(OC)c(OC)c(OC)c1)=Nc1ccc(C)nc1-c1ccccn1. The molecule has 0 aliphatic heterocycles. The second-order valence-corrected chi connectivity index (χ2v) is 6.56. The summed E-state index contributed by atoms with van der Waals surface area (Å²) in [6.45, 7) is 5.55. The number of benzene rings is 1. The number of hydrogen-bond acceptors (Lipinski definition) is 7. The minimum absolute atomic E-state index is 0.410. The van der Waals surface area contributed by atoms with Crippen molar-refractivity contribution in [1.82, 2.24) is 9.97 Å². The van der Waals surface area contributed by atoms with Gasteiger partial charge in [0.2, 0.25) is 5.75 Å². The predicted octanol–water partition coefficient (Wildman–Crippen LogP) is 4.83. The maximum absolute atomic E-state index is 5.38. The van der Waals surface area contributed by atoms with Crippen LogP contribution >= 0.6 is 0 Å². The number of pyridine rings is 2. The van der Waals surface area contributed by atoms with Gasteiger partial charge in [-0.15, -0.1) is 0 Å². The first-order valence-electron chi connectivity index (χ1n) is 9.77. The van der Waals surface area contributed by atoms with Crippen molar-refractivity contribution in [2.45, 2.75) is 6.92 Å². The number of aromatic nitrogens is 2. The van der Waals surface area contributed by atoms with Crippen molar-refractivity contribution in [3.05, 3.63) is 66.6 Å². The Hall–Kier alpha value is -4.20. The zero-order chi connectivity index (χ0) is 22.9. The Morgan fingerprint density at radius 2 is 1.78 bits per heavy atom. The van der Waals surface area contributed by atoms with E-state index in [9.17, 15) is 0 Å². The van der Waals surface area contributed by atoms with Crippen LogP contribution in [-0.2, 0) is 0 Å². The second-order valence-electron chi connectivity index (χ2n) is 6.56. The van der Waals surface area contributed by atoms with Crippen molar-refractivity contribution in [2.75, 3.05) is 26.6 Å². The molecule has 2 aromatic heterocycles. The normalized spacial score (nSPS) is 11.3. The largest absolute Gasteiger partial charge is 0.493 e. The standard InChI is InChI=1S/C24H25N5O3/c1-16-9-10-19(23(28-16)18-8-6-7-12-27-18)29-22(25-2)11-13-26-17-14-20(30-3)24(32-5)21(15-17)31-4/h6-15,26H,2H2,1,3-5H3. The van der Waals surface area contributed by atoms with Crippen molar-refractivity contribution >= 4 is 23.9 Å². The molecule has 0 saturated heterocycles. The molecule has 0 bridgehead atoms. The summed E-state index contributed by atoms with van der Waals surface area (Å²) in [5.74, 6) is 2.02. The minimum Gasteiger partial charge on any atom is -0.493 e. The molecule has 0 atom stereocenters. The second kappa shape index (κ2) is 10.7. The Balaban J connectivity index is 1.87. The van der Waals surface area contributed by atoms with E-state index in [4.69, 9.17) is 14.2 Å². The Morgan fingerprint density at radius 1 is 1.03 bits per heavy atom. The topological polar surface area (TPSA) is 90.2 Å². The van der Waals surface area contributed by atoms with Crippen LogP contribution in [0, 0.1) is 6.92 Å². The van der Waals surface area contributed by atoms with Crippen LogP contribution in [0.2, 0.25) is 0 Å². The lowest BCUT2D eigenvalue weighted by Crippen LogP contribution is -1.98. The number of aryl methyl sites for hydroxylation is 1. The van der Waals surface area contributed by atoms with Crippen molar-refractivity contribution < 1.29 is 14.2 Å². The molecule has 2 heterocycles. The summed E-state index contributed by atoms with van der Waals surface area (Å²) in [5.41, 5.74) is 3.67. The van der Waals surface area contributed by atoms with Crippen LogP contribution in [0.3, 0.4) is 0 Å². The third-order valence-electron chi connectivity index (χ3n) is 4.46. The Morgan fingerprint density at radius 3 is 2.38 bits per heavy atom. The van der Waals surface area contributed by atoms with E-state index in [1.807, 2.05) is 37.3 Å². The number of nitrogens with zero attached hydrogens (tertiary/aromatic N) is 4. The zero-order valence-corrected chi connectivity index (χ0v) is 18.5. The van der Waals surface area contributed by atoms with Crippen LogP contribution in [0.4, 0.5) is 11.4 Å². The zero-order valence-electron chi connectivity index (χ0n) is 18.5. The maximum atomic E-state index is 5.38. The van der Waals surface area contributed by atoms with E-state index in [-0.39, 0.29) is 0 Å². The van der Waals surface area contributed by atoms with E-state index in [2.05, 4.69) is 32.0 Å². The highest BCUT2D eigenvalue weighted by molar-refractivity contribution is 5.98. The molecule has 0 aliphatic carbocycles. The molecular formula is C24H25N5O3. The highest BCUT2D eigenvalue weighted by Gasteiger charge is 2.13. The van der Waals surface area contributed by atoms with Gasteiger partial charge in [0.15, 0.2) is 17.3 Å². The van der Waals surface area contributed by atoms with Crippen molar-refractivity contribution in [2.24, 2.45) is 9.98 Å². The van der Waals surface area contributed by atoms with Crippen LogP contribution in [-0.4, -0.2) is 43.9 Å². The van der Waals surface area contributed by atoms with Gasteiger partial charge in [0.25, 0.3) is 0 Å². The number of methoxy groups -OCH3 is 3. The maximum Gasteiger partial charge on any atom is 0.203 e. The van der Waals surface area contributed by atoms with Gasteiger partial charge in [-0.3, -0.25) is 4.98 Å². The van der Waals surface area contributed by atoms with Crippen LogP contribution < -0.4 is 19.5 Å². The summed E-state index contributed by atoms with van der Waals surface area (Å²) < 4.78 is 16.1. The Labute approximate surface area is 187 Å². The molecule has 0 amide bonds. The van der Waals surface area contributed by atoms with E-state index in [0.29, 0.717) is 34.5 Å². The molecule has 0 saturated carbocycles. The lowest BCUT2D eigenvalue weighted by atomic mass is 10.2. The van der Waals surface area contributed by atoms with Crippen molar-refractivity contribution in [1.29, 1.82) is 0 Å². The molecule has 8 heteroatoms. The van der Waals surface area contributed by atoms with E-state index >= 15 is 0 Å². The van der Waals surface area contributed by atoms with Gasteiger partial charge in [0.05, 0.1) is 32.7 Å². The number of aliphatic imine (C=N–C) groups is 2. The molecule has 3 rings (SSSR count). The van der Waals surface area contributed by atoms with Gasteiger partial charge in [-0.05, 0) is 44.0 Å². The first kappa shape index (κ1) is 22.5. The molecule has 0 radical (unpaired) electrons. The fourth-order valence-corrected chi connectivity index (χ4v) is 2.96. The van der Waals surface area contributed by atoms with Crippen LogP contribution in [0.5, 0.6) is 17.2 Å². The van der Waals surface area contributed by atoms with Crippen molar-refractivity contribution in [3.63, 3.8) is 0 Å². The molecule has 0 spiro atoms. The van der Waals surface area contributed by atoms with Gasteiger partial charge in [0.1, 0.15) is 5.69 Å². The molecular weight excluding hydrogens is 406 g/mol. The van der Waals surface area contributed by atoms with Gasteiger partial charge >= 0.3 is 0 Å². The van der Waals surface area contributed by atoms with Gasteiger partial charge in [0, 0.05) is 35.9 Å². The number of ether oxygens (including phenoxy) is 3. The van der Waals surface area contributed by atoms with Gasteiger partial charge < -0.3 is 19.5 Å². The number of anilines is 1. The molecule has 32 heavy (non-hydrogen) atoms. The smallest absolute Gasteiger partial charge is 0.203 e. The van der Waals surface area contributed by atoms with E-state index in [1.54, 1.807) is 51.9 Å². The summed E-state index contributed by atoms with van der Waals surface area (Å²) in [4.78, 5) is 17.6. The van der Waals surface area contributed by atoms with E-state index in [1.165, 1.54) is 0 Å². The average Bonchev–Trinajstić information content (AvgIpc) is 2.84. The fourth-order valence-electron chi connectivity index (χ4n) is 2.96. The third-order valence-corrected chi connectivity index (χ3v) is 4.46. The average molecular weight is 431 g/mol. The minimum atomic E-state index is 0.410. The van der Waals surface area contributed by atoms with Crippen molar-refractivity contribution in [3.8, 4) is 28.6 Å². The number of hydrogen-bond donors (Lipinski definition) is 1.